The molecule has 1 aliphatic heterocycles. The number of hydrogen-bond donors (Lipinski definition) is 1. The van der Waals surface area contributed by atoms with Crippen molar-refractivity contribution in [1.82, 2.24) is 10.2 Å². The minimum absolute atomic E-state index is 0.00312. The summed E-state index contributed by atoms with van der Waals surface area (Å²) in [5.74, 6) is 2.09. The number of hydrogen-bond acceptors (Lipinski definition) is 3. The summed E-state index contributed by atoms with van der Waals surface area (Å²) in [5.41, 5.74) is 0. The highest BCUT2D eigenvalue weighted by Crippen LogP contribution is 2.36. The van der Waals surface area contributed by atoms with E-state index in [9.17, 15) is 4.79 Å². The van der Waals surface area contributed by atoms with Crippen molar-refractivity contribution in [2.75, 3.05) is 5.75 Å². The van der Waals surface area contributed by atoms with Gasteiger partial charge in [-0.05, 0) is 37.9 Å². The molecule has 1 aliphatic carbocycles. The van der Waals surface area contributed by atoms with E-state index in [2.05, 4.69) is 31.0 Å². The lowest BCUT2D eigenvalue weighted by Gasteiger charge is -2.34. The summed E-state index contributed by atoms with van der Waals surface area (Å²) < 4.78 is 0. The van der Waals surface area contributed by atoms with Gasteiger partial charge in [-0.3, -0.25) is 10.1 Å². The Hall–Kier alpha value is -0.220. The van der Waals surface area contributed by atoms with Crippen LogP contribution in [0.15, 0.2) is 0 Å². The van der Waals surface area contributed by atoms with Crippen LogP contribution in [0, 0.1) is 5.92 Å². The Morgan fingerprint density at radius 1 is 1.42 bits per heavy atom. The number of carbonyl (C=O) groups excluding carboxylic acids is 1. The van der Waals surface area contributed by atoms with E-state index in [0.717, 1.165) is 12.2 Å². The summed E-state index contributed by atoms with van der Waals surface area (Å²) in [6.45, 7) is 8.70. The van der Waals surface area contributed by atoms with Gasteiger partial charge in [-0.15, -0.1) is 0 Å². The number of nitrogens with one attached hydrogen (secondary N) is 1. The molecule has 2 aliphatic rings. The minimum Gasteiger partial charge on any atom is -0.322 e. The van der Waals surface area contributed by atoms with Gasteiger partial charge in [0, 0.05) is 11.3 Å². The molecule has 2 rings (SSSR count). The van der Waals surface area contributed by atoms with Crippen molar-refractivity contribution in [1.29, 1.82) is 0 Å². The molecule has 0 aromatic rings. The molecule has 1 N–H and O–H groups in total. The molecule has 2 fully saturated rings. The van der Waals surface area contributed by atoms with E-state index in [-0.39, 0.29) is 12.2 Å². The van der Waals surface area contributed by atoms with Gasteiger partial charge in [0.15, 0.2) is 0 Å². The van der Waals surface area contributed by atoms with Crippen molar-refractivity contribution in [3.05, 3.63) is 0 Å². The van der Waals surface area contributed by atoms with Crippen LogP contribution < -0.4 is 5.32 Å². The third-order valence-corrected chi connectivity index (χ3v) is 5.56. The quantitative estimate of drug-likeness (QED) is 0.842. The maximum atomic E-state index is 12.5. The summed E-state index contributed by atoms with van der Waals surface area (Å²) in [6, 6.07) is 0.454. The second-order valence-electron chi connectivity index (χ2n) is 6.27. The zero-order chi connectivity index (χ0) is 14.0. The summed E-state index contributed by atoms with van der Waals surface area (Å²) in [7, 11) is 0. The van der Waals surface area contributed by atoms with Crippen LogP contribution in [-0.2, 0) is 4.79 Å². The molecule has 1 saturated heterocycles. The molecule has 19 heavy (non-hydrogen) atoms. The van der Waals surface area contributed by atoms with Crippen molar-refractivity contribution in [2.24, 2.45) is 5.92 Å². The molecule has 4 heteroatoms. The third-order valence-electron chi connectivity index (χ3n) is 4.25. The summed E-state index contributed by atoms with van der Waals surface area (Å²) >= 11 is 2.04. The van der Waals surface area contributed by atoms with Gasteiger partial charge >= 0.3 is 0 Å². The number of carbonyl (C=O) groups is 1. The zero-order valence-electron chi connectivity index (χ0n) is 12.7. The van der Waals surface area contributed by atoms with Crippen LogP contribution in [0.4, 0.5) is 0 Å². The second-order valence-corrected chi connectivity index (χ2v) is 7.79. The number of thioether (sulfide) groups is 1. The lowest BCUT2D eigenvalue weighted by molar-refractivity contribution is -0.132. The first kappa shape index (κ1) is 15.2. The van der Waals surface area contributed by atoms with Crippen molar-refractivity contribution >= 4 is 17.7 Å². The first-order valence-electron chi connectivity index (χ1n) is 7.74. The van der Waals surface area contributed by atoms with E-state index in [0.29, 0.717) is 23.1 Å². The fraction of sp³-hybridized carbons (Fsp3) is 0.933. The van der Waals surface area contributed by atoms with Gasteiger partial charge in [0.1, 0.15) is 0 Å². The van der Waals surface area contributed by atoms with E-state index in [4.69, 9.17) is 0 Å². The van der Waals surface area contributed by atoms with Crippen LogP contribution in [0.1, 0.15) is 53.4 Å². The number of nitrogens with zero attached hydrogens (tertiary/aromatic N) is 1. The van der Waals surface area contributed by atoms with Gasteiger partial charge in [0.2, 0.25) is 5.91 Å². The molecule has 4 unspecified atom stereocenters. The summed E-state index contributed by atoms with van der Waals surface area (Å²) in [6.07, 6.45) is 5.05. The Kier molecular flexibility index (Phi) is 5.18. The minimum atomic E-state index is -0.00312. The van der Waals surface area contributed by atoms with Crippen molar-refractivity contribution in [3.8, 4) is 0 Å². The molecule has 0 spiro atoms. The third kappa shape index (κ3) is 3.27. The molecule has 1 heterocycles. The van der Waals surface area contributed by atoms with Crippen molar-refractivity contribution in [2.45, 2.75) is 76.9 Å². The lowest BCUT2D eigenvalue weighted by atomic mass is 10.1. The molecule has 1 amide bonds. The smallest absolute Gasteiger partial charge is 0.241 e. The average Bonchev–Trinajstić information content (AvgIpc) is 2.86. The van der Waals surface area contributed by atoms with E-state index >= 15 is 0 Å². The maximum Gasteiger partial charge on any atom is 0.241 e. The van der Waals surface area contributed by atoms with Crippen LogP contribution in [0.3, 0.4) is 0 Å². The lowest BCUT2D eigenvalue weighted by Crippen LogP contribution is -2.47. The van der Waals surface area contributed by atoms with E-state index in [1.807, 2.05) is 18.7 Å². The predicted octanol–water partition coefficient (Wildman–Crippen LogP) is 2.85. The largest absolute Gasteiger partial charge is 0.322 e. The number of rotatable bonds is 5. The molecular weight excluding hydrogens is 256 g/mol. The van der Waals surface area contributed by atoms with Gasteiger partial charge in [-0.2, -0.15) is 11.8 Å². The normalized spacial score (nSPS) is 35.6. The molecular formula is C15H28N2OS. The van der Waals surface area contributed by atoms with Crippen LogP contribution >= 0.6 is 11.8 Å². The van der Waals surface area contributed by atoms with Crippen LogP contribution in [0.2, 0.25) is 0 Å². The Labute approximate surface area is 121 Å². The SMILES string of the molecule is CCSC1CCCC1N1C(=O)C(C)NC1CC(C)C. The average molecular weight is 284 g/mol. The van der Waals surface area contributed by atoms with Gasteiger partial charge in [-0.25, -0.2) is 0 Å². The Morgan fingerprint density at radius 2 is 2.16 bits per heavy atom. The molecule has 4 atom stereocenters. The predicted molar refractivity (Wildman–Crippen MR) is 82.2 cm³/mol. The molecule has 0 aromatic heterocycles. The van der Waals surface area contributed by atoms with E-state index in [1.54, 1.807) is 0 Å². The molecule has 0 aromatic carbocycles. The highest BCUT2D eigenvalue weighted by Gasteiger charge is 2.44. The fourth-order valence-corrected chi connectivity index (χ4v) is 4.72. The Morgan fingerprint density at radius 3 is 2.79 bits per heavy atom. The number of amides is 1. The van der Waals surface area contributed by atoms with Gasteiger partial charge in [0.05, 0.1) is 12.2 Å². The Balaban J connectivity index is 2.11. The van der Waals surface area contributed by atoms with Crippen LogP contribution in [-0.4, -0.2) is 40.1 Å². The zero-order valence-corrected chi connectivity index (χ0v) is 13.5. The van der Waals surface area contributed by atoms with Crippen molar-refractivity contribution < 1.29 is 4.79 Å². The first-order valence-corrected chi connectivity index (χ1v) is 8.79. The van der Waals surface area contributed by atoms with Gasteiger partial charge in [-0.1, -0.05) is 27.2 Å². The highest BCUT2D eigenvalue weighted by atomic mass is 32.2. The highest BCUT2D eigenvalue weighted by molar-refractivity contribution is 7.99. The molecule has 3 nitrogen and oxygen atoms in total. The van der Waals surface area contributed by atoms with Gasteiger partial charge in [0.25, 0.3) is 0 Å². The fourth-order valence-electron chi connectivity index (χ4n) is 3.47. The summed E-state index contributed by atoms with van der Waals surface area (Å²) in [5, 5.41) is 4.14. The van der Waals surface area contributed by atoms with Gasteiger partial charge < -0.3 is 4.90 Å². The topological polar surface area (TPSA) is 32.3 Å². The Bertz CT molecular complexity index is 321. The molecule has 110 valence electrons. The monoisotopic (exact) mass is 284 g/mol. The van der Waals surface area contributed by atoms with E-state index < -0.39 is 0 Å². The standard InChI is InChI=1S/C15H28N2OS/c1-5-19-13-8-6-7-12(13)17-14(9-10(2)3)16-11(4)15(17)18/h10-14,16H,5-9H2,1-4H3. The second kappa shape index (κ2) is 6.49. The van der Waals surface area contributed by atoms with E-state index in [1.165, 1.54) is 19.3 Å². The molecule has 0 radical (unpaired) electrons. The molecule has 1 saturated carbocycles. The maximum absolute atomic E-state index is 12.5. The van der Waals surface area contributed by atoms with Crippen LogP contribution in [0.25, 0.3) is 0 Å². The molecule has 0 bridgehead atoms. The van der Waals surface area contributed by atoms with Crippen molar-refractivity contribution in [3.63, 3.8) is 0 Å². The summed E-state index contributed by atoms with van der Waals surface area (Å²) in [4.78, 5) is 14.7. The van der Waals surface area contributed by atoms with Crippen LogP contribution in [0.5, 0.6) is 0 Å². The first-order chi connectivity index (χ1) is 9.04.